The van der Waals surface area contributed by atoms with Gasteiger partial charge in [-0.2, -0.15) is 0 Å². The Morgan fingerprint density at radius 2 is 1.83 bits per heavy atom. The van der Waals surface area contributed by atoms with Crippen LogP contribution < -0.4 is 16.0 Å². The van der Waals surface area contributed by atoms with Crippen molar-refractivity contribution in [1.82, 2.24) is 10.6 Å². The van der Waals surface area contributed by atoms with Crippen molar-refractivity contribution in [3.8, 4) is 0 Å². The highest BCUT2D eigenvalue weighted by atomic mass is 32.1. The number of alkyl carbamates (subject to hydrolysis) is 1. The van der Waals surface area contributed by atoms with Gasteiger partial charge in [-0.25, -0.2) is 4.79 Å². The Balaban J connectivity index is 1.51. The number of thiophene rings is 1. The van der Waals surface area contributed by atoms with Crippen molar-refractivity contribution in [2.75, 3.05) is 11.9 Å². The van der Waals surface area contributed by atoms with Gasteiger partial charge in [0, 0.05) is 23.4 Å². The zero-order valence-electron chi connectivity index (χ0n) is 17.9. The lowest BCUT2D eigenvalue weighted by Crippen LogP contribution is -2.42. The van der Waals surface area contributed by atoms with E-state index in [9.17, 15) is 14.4 Å². The lowest BCUT2D eigenvalue weighted by atomic mass is 9.91. The molecule has 1 aromatic rings. The topological polar surface area (TPSA) is 96.5 Å². The van der Waals surface area contributed by atoms with Gasteiger partial charge in [-0.15, -0.1) is 11.3 Å². The second-order valence-corrected chi connectivity index (χ2v) is 10.8. The number of carbonyl (C=O) groups excluding carboxylic acids is 3. The van der Waals surface area contributed by atoms with Crippen LogP contribution in [-0.2, 0) is 22.4 Å². The van der Waals surface area contributed by atoms with Gasteiger partial charge in [0.05, 0.1) is 5.56 Å². The summed E-state index contributed by atoms with van der Waals surface area (Å²) in [6.45, 7) is 6.18. The first-order valence-electron chi connectivity index (χ1n) is 10.9. The Labute approximate surface area is 181 Å². The normalized spacial score (nSPS) is 20.8. The number of carbonyl (C=O) groups is 3. The summed E-state index contributed by atoms with van der Waals surface area (Å²) in [6.07, 6.45) is 5.84. The molecule has 0 spiro atoms. The molecule has 0 bridgehead atoms. The van der Waals surface area contributed by atoms with Crippen molar-refractivity contribution in [1.29, 1.82) is 0 Å². The Kier molecular flexibility index (Phi) is 5.79. The van der Waals surface area contributed by atoms with Crippen LogP contribution in [0.3, 0.4) is 0 Å². The predicted molar refractivity (Wildman–Crippen MR) is 116 cm³/mol. The van der Waals surface area contributed by atoms with E-state index in [1.807, 2.05) is 20.8 Å². The molecule has 8 heteroatoms. The lowest BCUT2D eigenvalue weighted by Gasteiger charge is -2.26. The van der Waals surface area contributed by atoms with Gasteiger partial charge < -0.3 is 20.7 Å². The van der Waals surface area contributed by atoms with Crippen molar-refractivity contribution >= 4 is 34.2 Å². The average Bonchev–Trinajstić information content (AvgIpc) is 3.55. The van der Waals surface area contributed by atoms with Gasteiger partial charge in [0.1, 0.15) is 10.6 Å². The van der Waals surface area contributed by atoms with Crippen molar-refractivity contribution in [2.45, 2.75) is 77.4 Å². The molecule has 1 aromatic heterocycles. The number of ether oxygens (including phenoxy) is 1. The van der Waals surface area contributed by atoms with E-state index in [1.54, 1.807) is 0 Å². The Hall–Kier alpha value is -2.09. The highest BCUT2D eigenvalue weighted by molar-refractivity contribution is 7.17. The summed E-state index contributed by atoms with van der Waals surface area (Å²) in [7, 11) is 0. The number of fused-ring (bicyclic) bond motifs is 1. The molecule has 0 saturated heterocycles. The van der Waals surface area contributed by atoms with Crippen LogP contribution in [0.5, 0.6) is 0 Å². The molecule has 1 atom stereocenters. The first-order valence-corrected chi connectivity index (χ1v) is 11.7. The van der Waals surface area contributed by atoms with Crippen molar-refractivity contribution in [3.63, 3.8) is 0 Å². The molecule has 7 nitrogen and oxygen atoms in total. The van der Waals surface area contributed by atoms with Crippen LogP contribution in [0.1, 0.15) is 73.7 Å². The molecule has 4 rings (SSSR count). The van der Waals surface area contributed by atoms with E-state index < -0.39 is 11.7 Å². The van der Waals surface area contributed by atoms with E-state index in [0.29, 0.717) is 29.4 Å². The van der Waals surface area contributed by atoms with Crippen LogP contribution in [0, 0.1) is 11.8 Å². The minimum Gasteiger partial charge on any atom is -0.444 e. The number of rotatable bonds is 6. The molecule has 2 fully saturated rings. The Bertz CT molecular complexity index is 849. The monoisotopic (exact) mass is 433 g/mol. The molecule has 3 aliphatic rings. The maximum Gasteiger partial charge on any atom is 0.407 e. The number of amides is 3. The summed E-state index contributed by atoms with van der Waals surface area (Å²) in [5.74, 6) is 0.541. The SMILES string of the molecule is CC(C)(C)OC(=O)N[C@H]1CCc2sc(NC(=O)C3CC3)c(C(=O)NCC3CC3)c2C1. The number of hydrogen-bond donors (Lipinski definition) is 3. The van der Waals surface area contributed by atoms with Crippen LogP contribution in [0.4, 0.5) is 9.80 Å². The van der Waals surface area contributed by atoms with Gasteiger partial charge in [0.15, 0.2) is 0 Å². The number of nitrogens with one attached hydrogen (secondary N) is 3. The predicted octanol–water partition coefficient (Wildman–Crippen LogP) is 3.62. The summed E-state index contributed by atoms with van der Waals surface area (Å²) in [6, 6.07) is -0.0936. The molecule has 0 aromatic carbocycles. The fraction of sp³-hybridized carbons (Fsp3) is 0.682. The first-order chi connectivity index (χ1) is 14.2. The lowest BCUT2D eigenvalue weighted by molar-refractivity contribution is -0.117. The summed E-state index contributed by atoms with van der Waals surface area (Å²) >= 11 is 1.51. The van der Waals surface area contributed by atoms with Gasteiger partial charge in [0.2, 0.25) is 5.91 Å². The molecule has 3 N–H and O–H groups in total. The van der Waals surface area contributed by atoms with Gasteiger partial charge in [0.25, 0.3) is 5.91 Å². The third kappa shape index (κ3) is 5.33. The van der Waals surface area contributed by atoms with E-state index in [4.69, 9.17) is 4.74 Å². The molecule has 2 saturated carbocycles. The molecule has 3 amide bonds. The Morgan fingerprint density at radius 3 is 2.47 bits per heavy atom. The average molecular weight is 434 g/mol. The summed E-state index contributed by atoms with van der Waals surface area (Å²) in [5, 5.41) is 9.65. The highest BCUT2D eigenvalue weighted by Crippen LogP contribution is 2.40. The standard InChI is InChI=1S/C22H31N3O4S/c1-22(2,3)29-21(28)24-14-8-9-16-15(10-14)17(19(27)23-11-12-4-5-12)20(30-16)25-18(26)13-6-7-13/h12-14H,4-11H2,1-3H3,(H,23,27)(H,24,28)(H,25,26)/t14-/m0/s1. The molecular formula is C22H31N3O4S. The molecule has 3 aliphatic carbocycles. The van der Waals surface area contributed by atoms with Gasteiger partial charge in [-0.3, -0.25) is 9.59 Å². The van der Waals surface area contributed by atoms with Crippen molar-refractivity contribution in [2.24, 2.45) is 11.8 Å². The highest BCUT2D eigenvalue weighted by Gasteiger charge is 2.34. The minimum atomic E-state index is -0.555. The van der Waals surface area contributed by atoms with Crippen LogP contribution in [-0.4, -0.2) is 36.1 Å². The van der Waals surface area contributed by atoms with E-state index >= 15 is 0 Å². The molecule has 0 unspecified atom stereocenters. The molecule has 0 aliphatic heterocycles. The summed E-state index contributed by atoms with van der Waals surface area (Å²) in [5.41, 5.74) is 0.979. The summed E-state index contributed by atoms with van der Waals surface area (Å²) in [4.78, 5) is 38.8. The van der Waals surface area contributed by atoms with E-state index in [2.05, 4.69) is 16.0 Å². The van der Waals surface area contributed by atoms with Crippen LogP contribution in [0.15, 0.2) is 0 Å². The zero-order chi connectivity index (χ0) is 21.5. The van der Waals surface area contributed by atoms with Crippen LogP contribution in [0.25, 0.3) is 0 Å². The molecule has 30 heavy (non-hydrogen) atoms. The fourth-order valence-corrected chi connectivity index (χ4v) is 4.96. The van der Waals surface area contributed by atoms with E-state index in [1.165, 1.54) is 11.3 Å². The van der Waals surface area contributed by atoms with Crippen LogP contribution in [0.2, 0.25) is 0 Å². The third-order valence-electron chi connectivity index (χ3n) is 5.64. The van der Waals surface area contributed by atoms with E-state index in [0.717, 1.165) is 49.0 Å². The second-order valence-electron chi connectivity index (χ2n) is 9.71. The quantitative estimate of drug-likeness (QED) is 0.638. The number of hydrogen-bond acceptors (Lipinski definition) is 5. The van der Waals surface area contributed by atoms with Crippen molar-refractivity contribution in [3.05, 3.63) is 16.0 Å². The van der Waals surface area contributed by atoms with Gasteiger partial charge in [-0.1, -0.05) is 0 Å². The number of aryl methyl sites for hydroxylation is 1. The molecule has 0 radical (unpaired) electrons. The largest absolute Gasteiger partial charge is 0.444 e. The maximum absolute atomic E-state index is 13.0. The minimum absolute atomic E-state index is 0.00766. The fourth-order valence-electron chi connectivity index (χ4n) is 3.72. The maximum atomic E-state index is 13.0. The third-order valence-corrected chi connectivity index (χ3v) is 6.85. The van der Waals surface area contributed by atoms with Gasteiger partial charge in [-0.05, 0) is 77.2 Å². The smallest absolute Gasteiger partial charge is 0.407 e. The summed E-state index contributed by atoms with van der Waals surface area (Å²) < 4.78 is 5.39. The van der Waals surface area contributed by atoms with Gasteiger partial charge >= 0.3 is 6.09 Å². The Morgan fingerprint density at radius 1 is 1.10 bits per heavy atom. The molecular weight excluding hydrogens is 402 g/mol. The second kappa shape index (κ2) is 8.21. The molecule has 1 heterocycles. The van der Waals surface area contributed by atoms with Crippen LogP contribution >= 0.6 is 11.3 Å². The molecule has 164 valence electrons. The van der Waals surface area contributed by atoms with Crippen molar-refractivity contribution < 1.29 is 19.1 Å². The first kappa shape index (κ1) is 21.2. The van der Waals surface area contributed by atoms with E-state index in [-0.39, 0.29) is 23.8 Å². The zero-order valence-corrected chi connectivity index (χ0v) is 18.7. The number of anilines is 1.